The van der Waals surface area contributed by atoms with E-state index >= 15 is 0 Å². The Kier molecular flexibility index (Phi) is 3.97. The van der Waals surface area contributed by atoms with E-state index in [1.54, 1.807) is 18.5 Å². The second-order valence-corrected chi connectivity index (χ2v) is 5.27. The van der Waals surface area contributed by atoms with Gasteiger partial charge in [-0.3, -0.25) is 4.98 Å². The average Bonchev–Trinajstić information content (AvgIpc) is 2.56. The second kappa shape index (κ2) is 6.07. The lowest BCUT2D eigenvalue weighted by molar-refractivity contribution is 0.0696. The van der Waals surface area contributed by atoms with E-state index in [0.29, 0.717) is 11.6 Å². The quantitative estimate of drug-likeness (QED) is 0.905. The molecule has 1 N–H and O–H groups in total. The Morgan fingerprint density at radius 3 is 2.64 bits per heavy atom. The number of likely N-dealkylation sites (N-methyl/N-ethyl adjacent to an activating group) is 1. The Morgan fingerprint density at radius 2 is 2.00 bits per heavy atom. The highest BCUT2D eigenvalue weighted by Crippen LogP contribution is 2.23. The molecule has 0 spiro atoms. The third-order valence-corrected chi connectivity index (χ3v) is 3.72. The van der Waals surface area contributed by atoms with Gasteiger partial charge < -0.3 is 14.9 Å². The SMILES string of the molecule is CN1CCN(c2nc(-c3cccnc3)ncc2C(=O)O)CC1. The lowest BCUT2D eigenvalue weighted by Crippen LogP contribution is -2.45. The van der Waals surface area contributed by atoms with Gasteiger partial charge in [-0.1, -0.05) is 0 Å². The zero-order valence-electron chi connectivity index (χ0n) is 12.3. The van der Waals surface area contributed by atoms with E-state index in [-0.39, 0.29) is 5.56 Å². The van der Waals surface area contributed by atoms with Crippen LogP contribution in [0.15, 0.2) is 30.7 Å². The predicted molar refractivity (Wildman–Crippen MR) is 81.9 cm³/mol. The van der Waals surface area contributed by atoms with Crippen molar-refractivity contribution in [2.75, 3.05) is 38.1 Å². The number of piperazine rings is 1. The number of carbonyl (C=O) groups is 1. The number of carboxylic acids is 1. The van der Waals surface area contributed by atoms with Gasteiger partial charge in [-0.25, -0.2) is 14.8 Å². The topological polar surface area (TPSA) is 82.5 Å². The molecular formula is C15H17N5O2. The summed E-state index contributed by atoms with van der Waals surface area (Å²) in [6.45, 7) is 3.26. The van der Waals surface area contributed by atoms with E-state index in [2.05, 4.69) is 26.9 Å². The maximum Gasteiger partial charge on any atom is 0.341 e. The van der Waals surface area contributed by atoms with E-state index in [9.17, 15) is 9.90 Å². The van der Waals surface area contributed by atoms with Crippen LogP contribution in [0.2, 0.25) is 0 Å². The summed E-state index contributed by atoms with van der Waals surface area (Å²) in [5, 5.41) is 9.38. The number of aromatic carboxylic acids is 1. The molecule has 1 fully saturated rings. The van der Waals surface area contributed by atoms with Crippen molar-refractivity contribution >= 4 is 11.8 Å². The first-order chi connectivity index (χ1) is 10.6. The van der Waals surface area contributed by atoms with Crippen molar-refractivity contribution in [3.63, 3.8) is 0 Å². The van der Waals surface area contributed by atoms with E-state index in [1.165, 1.54) is 6.20 Å². The fourth-order valence-electron chi connectivity index (χ4n) is 2.42. The largest absolute Gasteiger partial charge is 0.477 e. The highest BCUT2D eigenvalue weighted by Gasteiger charge is 2.22. The van der Waals surface area contributed by atoms with E-state index < -0.39 is 5.97 Å². The highest BCUT2D eigenvalue weighted by molar-refractivity contribution is 5.93. The molecule has 0 bridgehead atoms. The molecule has 2 aromatic rings. The molecule has 7 heteroatoms. The van der Waals surface area contributed by atoms with Crippen molar-refractivity contribution in [3.8, 4) is 11.4 Å². The zero-order chi connectivity index (χ0) is 15.5. The molecule has 3 rings (SSSR count). The van der Waals surface area contributed by atoms with Crippen LogP contribution in [0.4, 0.5) is 5.82 Å². The summed E-state index contributed by atoms with van der Waals surface area (Å²) < 4.78 is 0. The fourth-order valence-corrected chi connectivity index (χ4v) is 2.42. The van der Waals surface area contributed by atoms with Crippen LogP contribution in [0.5, 0.6) is 0 Å². The molecule has 0 saturated carbocycles. The van der Waals surface area contributed by atoms with Crippen LogP contribution in [-0.4, -0.2) is 64.2 Å². The summed E-state index contributed by atoms with van der Waals surface area (Å²) in [5.41, 5.74) is 0.909. The van der Waals surface area contributed by atoms with E-state index in [0.717, 1.165) is 31.7 Å². The van der Waals surface area contributed by atoms with Crippen molar-refractivity contribution < 1.29 is 9.90 Å². The molecular weight excluding hydrogens is 282 g/mol. The number of pyridine rings is 1. The Bertz CT molecular complexity index is 669. The van der Waals surface area contributed by atoms with Gasteiger partial charge in [-0.2, -0.15) is 0 Å². The van der Waals surface area contributed by atoms with Crippen LogP contribution < -0.4 is 4.90 Å². The van der Waals surface area contributed by atoms with Gasteiger partial charge in [0.2, 0.25) is 0 Å². The molecule has 0 atom stereocenters. The minimum Gasteiger partial charge on any atom is -0.477 e. The van der Waals surface area contributed by atoms with E-state index in [1.807, 2.05) is 11.0 Å². The molecule has 2 aromatic heterocycles. The van der Waals surface area contributed by atoms with Gasteiger partial charge in [-0.05, 0) is 19.2 Å². The third kappa shape index (κ3) is 2.89. The normalized spacial score (nSPS) is 15.8. The number of anilines is 1. The molecule has 0 radical (unpaired) electrons. The summed E-state index contributed by atoms with van der Waals surface area (Å²) in [5.74, 6) is -0.0341. The van der Waals surface area contributed by atoms with Gasteiger partial charge in [0.05, 0.1) is 0 Å². The number of nitrogens with zero attached hydrogens (tertiary/aromatic N) is 5. The van der Waals surface area contributed by atoms with Gasteiger partial charge >= 0.3 is 5.97 Å². The molecule has 114 valence electrons. The first-order valence-corrected chi connectivity index (χ1v) is 7.09. The van der Waals surface area contributed by atoms with Crippen molar-refractivity contribution in [2.24, 2.45) is 0 Å². The Labute approximate surface area is 128 Å². The monoisotopic (exact) mass is 299 g/mol. The van der Waals surface area contributed by atoms with Gasteiger partial charge in [-0.15, -0.1) is 0 Å². The second-order valence-electron chi connectivity index (χ2n) is 5.27. The van der Waals surface area contributed by atoms with Crippen molar-refractivity contribution in [2.45, 2.75) is 0 Å². The number of rotatable bonds is 3. The maximum atomic E-state index is 11.4. The van der Waals surface area contributed by atoms with Crippen molar-refractivity contribution in [3.05, 3.63) is 36.3 Å². The maximum absolute atomic E-state index is 11.4. The standard InChI is InChI=1S/C15H17N5O2/c1-19-5-7-20(8-6-19)14-12(15(21)22)10-17-13(18-14)11-3-2-4-16-9-11/h2-4,9-10H,5-8H2,1H3,(H,21,22). The Morgan fingerprint density at radius 1 is 1.23 bits per heavy atom. The van der Waals surface area contributed by atoms with Crippen LogP contribution in [0.25, 0.3) is 11.4 Å². The lowest BCUT2D eigenvalue weighted by Gasteiger charge is -2.33. The number of aromatic nitrogens is 3. The smallest absolute Gasteiger partial charge is 0.341 e. The minimum absolute atomic E-state index is 0.136. The van der Waals surface area contributed by atoms with Crippen LogP contribution in [0.3, 0.4) is 0 Å². The van der Waals surface area contributed by atoms with Crippen molar-refractivity contribution in [1.82, 2.24) is 19.9 Å². The number of hydrogen-bond acceptors (Lipinski definition) is 6. The first-order valence-electron chi connectivity index (χ1n) is 7.09. The van der Waals surface area contributed by atoms with Gasteiger partial charge in [0.25, 0.3) is 0 Å². The lowest BCUT2D eigenvalue weighted by atomic mass is 10.2. The first kappa shape index (κ1) is 14.4. The molecule has 1 saturated heterocycles. The summed E-state index contributed by atoms with van der Waals surface area (Å²) in [4.78, 5) is 28.4. The highest BCUT2D eigenvalue weighted by atomic mass is 16.4. The number of carboxylic acid groups (broad SMARTS) is 1. The third-order valence-electron chi connectivity index (χ3n) is 3.72. The summed E-state index contributed by atoms with van der Waals surface area (Å²) in [7, 11) is 2.05. The zero-order valence-corrected chi connectivity index (χ0v) is 12.3. The molecule has 7 nitrogen and oxygen atoms in total. The Hall–Kier alpha value is -2.54. The van der Waals surface area contributed by atoms with Crippen LogP contribution in [-0.2, 0) is 0 Å². The molecule has 1 aliphatic rings. The summed E-state index contributed by atoms with van der Waals surface area (Å²) >= 11 is 0. The molecule has 3 heterocycles. The van der Waals surface area contributed by atoms with Crippen molar-refractivity contribution in [1.29, 1.82) is 0 Å². The van der Waals surface area contributed by atoms with Gasteiger partial charge in [0, 0.05) is 50.3 Å². The molecule has 22 heavy (non-hydrogen) atoms. The van der Waals surface area contributed by atoms with E-state index in [4.69, 9.17) is 0 Å². The predicted octanol–water partition coefficient (Wildman–Crippen LogP) is 0.989. The molecule has 0 unspecified atom stereocenters. The Balaban J connectivity index is 2.00. The minimum atomic E-state index is -1.01. The molecule has 0 amide bonds. The summed E-state index contributed by atoms with van der Waals surface area (Å²) in [6, 6.07) is 3.66. The molecule has 1 aliphatic heterocycles. The van der Waals surface area contributed by atoms with Crippen LogP contribution >= 0.6 is 0 Å². The molecule has 0 aromatic carbocycles. The molecule has 0 aliphatic carbocycles. The number of hydrogen-bond donors (Lipinski definition) is 1. The summed E-state index contributed by atoms with van der Waals surface area (Å²) in [6.07, 6.45) is 4.73. The van der Waals surface area contributed by atoms with Gasteiger partial charge in [0.15, 0.2) is 5.82 Å². The van der Waals surface area contributed by atoms with Crippen LogP contribution in [0.1, 0.15) is 10.4 Å². The van der Waals surface area contributed by atoms with Crippen LogP contribution in [0, 0.1) is 0 Å². The average molecular weight is 299 g/mol. The van der Waals surface area contributed by atoms with Gasteiger partial charge in [0.1, 0.15) is 11.4 Å². The fraction of sp³-hybridized carbons (Fsp3) is 0.333.